The highest BCUT2D eigenvalue weighted by molar-refractivity contribution is 5.69. The van der Waals surface area contributed by atoms with E-state index in [0.717, 1.165) is 103 Å². The van der Waals surface area contributed by atoms with Gasteiger partial charge in [0.15, 0.2) is 0 Å². The number of hydrogen-bond donors (Lipinski definition) is 1. The zero-order valence-corrected chi connectivity index (χ0v) is 38.0. The van der Waals surface area contributed by atoms with Crippen LogP contribution in [0.3, 0.4) is 0 Å². The van der Waals surface area contributed by atoms with Crippen molar-refractivity contribution in [3.8, 4) is 0 Å². The molecule has 1 atom stereocenters. The molecule has 0 radical (unpaired) electrons. The van der Waals surface area contributed by atoms with Gasteiger partial charge in [0.25, 0.3) is 0 Å². The molecule has 0 saturated heterocycles. The van der Waals surface area contributed by atoms with E-state index in [0.29, 0.717) is 13.0 Å². The Morgan fingerprint density at radius 1 is 0.407 bits per heavy atom. The number of aliphatic hydroxyl groups excluding tert-OH is 1. The minimum atomic E-state index is -0.571. The SMILES string of the molecule is CC/C=C\C/C=C\C/C=C\C/C=C\C/C=C\C/C=C\CCCCC(=O)OC(CO)COCCCCCCCCCCCC/C=C\C/C=C\C/C=C\C/C=C\C/C=C\CC. The summed E-state index contributed by atoms with van der Waals surface area (Å²) in [7, 11) is 0. The van der Waals surface area contributed by atoms with Crippen molar-refractivity contribution in [3.63, 3.8) is 0 Å². The number of rotatable bonds is 42. The fraction of sp³-hybridized carbons (Fsp3) is 0.582. The molecule has 0 aliphatic carbocycles. The van der Waals surface area contributed by atoms with Gasteiger partial charge in [-0.25, -0.2) is 0 Å². The van der Waals surface area contributed by atoms with Gasteiger partial charge in [0.2, 0.25) is 0 Å². The van der Waals surface area contributed by atoms with Crippen LogP contribution in [-0.2, 0) is 14.3 Å². The third-order valence-electron chi connectivity index (χ3n) is 9.47. The highest BCUT2D eigenvalue weighted by Gasteiger charge is 2.13. The quantitative estimate of drug-likeness (QED) is 0.0379. The number of carbonyl (C=O) groups is 1. The highest BCUT2D eigenvalue weighted by Crippen LogP contribution is 2.12. The number of aliphatic hydroxyl groups is 1. The fourth-order valence-electron chi connectivity index (χ4n) is 6.00. The molecule has 0 aliphatic rings. The number of carbonyl (C=O) groups excluding carboxylic acids is 1. The maximum atomic E-state index is 12.2. The lowest BCUT2D eigenvalue weighted by atomic mass is 10.1. The van der Waals surface area contributed by atoms with Gasteiger partial charge in [-0.2, -0.15) is 0 Å². The largest absolute Gasteiger partial charge is 0.457 e. The number of ether oxygens (including phenoxy) is 2. The minimum absolute atomic E-state index is 0.201. The minimum Gasteiger partial charge on any atom is -0.457 e. The maximum absolute atomic E-state index is 12.2. The molecule has 0 heterocycles. The molecule has 0 aromatic rings. The number of allylic oxidation sites excluding steroid dienone is 22. The number of hydrogen-bond acceptors (Lipinski definition) is 4. The number of esters is 1. The molecule has 0 bridgehead atoms. The molecule has 0 aliphatic heterocycles. The van der Waals surface area contributed by atoms with E-state index < -0.39 is 6.10 Å². The van der Waals surface area contributed by atoms with Gasteiger partial charge < -0.3 is 14.6 Å². The summed E-state index contributed by atoms with van der Waals surface area (Å²) < 4.78 is 11.2. The summed E-state index contributed by atoms with van der Waals surface area (Å²) in [6.45, 7) is 5.04. The molecule has 0 aromatic heterocycles. The summed E-state index contributed by atoms with van der Waals surface area (Å²) in [5.74, 6) is -0.249. The van der Waals surface area contributed by atoms with E-state index in [1.165, 1.54) is 57.8 Å². The van der Waals surface area contributed by atoms with Crippen LogP contribution in [0, 0.1) is 0 Å². The smallest absolute Gasteiger partial charge is 0.306 e. The topological polar surface area (TPSA) is 55.8 Å². The lowest BCUT2D eigenvalue weighted by Gasteiger charge is -2.15. The molecule has 4 heteroatoms. The molecule has 0 saturated carbocycles. The van der Waals surface area contributed by atoms with Crippen molar-refractivity contribution < 1.29 is 19.4 Å². The summed E-state index contributed by atoms with van der Waals surface area (Å²) >= 11 is 0. The Morgan fingerprint density at radius 3 is 1.07 bits per heavy atom. The molecule has 0 spiro atoms. The van der Waals surface area contributed by atoms with Gasteiger partial charge in [-0.05, 0) is 109 Å². The van der Waals surface area contributed by atoms with Crippen molar-refractivity contribution in [1.29, 1.82) is 0 Å². The Hall–Kier alpha value is -3.47. The van der Waals surface area contributed by atoms with Crippen LogP contribution in [-0.4, -0.2) is 37.0 Å². The molecule has 4 nitrogen and oxygen atoms in total. The highest BCUT2D eigenvalue weighted by atomic mass is 16.6. The Kier molecular flexibility index (Phi) is 47.7. The van der Waals surface area contributed by atoms with Gasteiger partial charge in [0, 0.05) is 13.0 Å². The molecule has 0 aromatic carbocycles. The van der Waals surface area contributed by atoms with E-state index >= 15 is 0 Å². The summed E-state index contributed by atoms with van der Waals surface area (Å²) in [5.41, 5.74) is 0. The second kappa shape index (κ2) is 50.7. The average molecular weight is 813 g/mol. The second-order valence-electron chi connectivity index (χ2n) is 15.1. The summed E-state index contributed by atoms with van der Waals surface area (Å²) in [4.78, 5) is 12.2. The first-order chi connectivity index (χ1) is 29.2. The van der Waals surface area contributed by atoms with Crippen molar-refractivity contribution in [3.05, 3.63) is 134 Å². The van der Waals surface area contributed by atoms with Gasteiger partial charge in [0.1, 0.15) is 6.10 Å². The normalized spacial score (nSPS) is 13.6. The van der Waals surface area contributed by atoms with E-state index in [9.17, 15) is 9.90 Å². The number of unbranched alkanes of at least 4 members (excludes halogenated alkanes) is 12. The summed E-state index contributed by atoms with van der Waals surface area (Å²) in [6.07, 6.45) is 76.7. The van der Waals surface area contributed by atoms with Gasteiger partial charge in [-0.3, -0.25) is 4.79 Å². The second-order valence-corrected chi connectivity index (χ2v) is 15.1. The first-order valence-corrected chi connectivity index (χ1v) is 23.8. The zero-order valence-electron chi connectivity index (χ0n) is 38.0. The molecular weight excluding hydrogens is 725 g/mol. The van der Waals surface area contributed by atoms with Crippen molar-refractivity contribution in [1.82, 2.24) is 0 Å². The maximum Gasteiger partial charge on any atom is 0.306 e. The lowest BCUT2D eigenvalue weighted by Crippen LogP contribution is -2.27. The van der Waals surface area contributed by atoms with Crippen LogP contribution >= 0.6 is 0 Å². The fourth-order valence-corrected chi connectivity index (χ4v) is 6.00. The Labute approximate surface area is 364 Å². The van der Waals surface area contributed by atoms with Crippen molar-refractivity contribution in [2.24, 2.45) is 0 Å². The Morgan fingerprint density at radius 2 is 0.712 bits per heavy atom. The van der Waals surface area contributed by atoms with Crippen LogP contribution in [0.2, 0.25) is 0 Å². The van der Waals surface area contributed by atoms with E-state index in [1.807, 2.05) is 0 Å². The predicted molar refractivity (Wildman–Crippen MR) is 260 cm³/mol. The van der Waals surface area contributed by atoms with E-state index in [4.69, 9.17) is 9.47 Å². The monoisotopic (exact) mass is 813 g/mol. The van der Waals surface area contributed by atoms with Crippen molar-refractivity contribution in [2.75, 3.05) is 19.8 Å². The molecule has 59 heavy (non-hydrogen) atoms. The van der Waals surface area contributed by atoms with Crippen LogP contribution < -0.4 is 0 Å². The Balaban J connectivity index is 3.57. The van der Waals surface area contributed by atoms with Gasteiger partial charge in [-0.1, -0.05) is 199 Å². The van der Waals surface area contributed by atoms with Crippen LogP contribution in [0.1, 0.15) is 181 Å². The third-order valence-corrected chi connectivity index (χ3v) is 9.47. The van der Waals surface area contributed by atoms with E-state index in [2.05, 4.69) is 148 Å². The van der Waals surface area contributed by atoms with Crippen LogP contribution in [0.15, 0.2) is 134 Å². The molecule has 1 N–H and O–H groups in total. The van der Waals surface area contributed by atoms with Gasteiger partial charge in [0.05, 0.1) is 13.2 Å². The molecular formula is C55H88O4. The lowest BCUT2D eigenvalue weighted by molar-refractivity contribution is -0.154. The molecule has 0 amide bonds. The predicted octanol–water partition coefficient (Wildman–Crippen LogP) is 16.2. The van der Waals surface area contributed by atoms with Crippen molar-refractivity contribution >= 4 is 5.97 Å². The van der Waals surface area contributed by atoms with Crippen LogP contribution in [0.5, 0.6) is 0 Å². The molecule has 0 fully saturated rings. The third kappa shape index (κ3) is 48.8. The Bertz CT molecular complexity index is 1220. The van der Waals surface area contributed by atoms with Gasteiger partial charge in [-0.15, -0.1) is 0 Å². The van der Waals surface area contributed by atoms with Gasteiger partial charge >= 0.3 is 5.97 Å². The standard InChI is InChI=1S/C55H88O4/c1-3-5-7-9-11-13-15-17-19-21-23-25-26-27-28-29-31-33-35-37-39-41-43-45-47-49-51-58-53-54(52-56)59-55(57)50-48-46-44-42-40-38-36-34-32-30-24-22-20-18-16-14-12-10-8-6-4-2/h5-8,11-14,17-20,23-25,27-28,30,34,36,40,42,54,56H,3-4,9-10,15-16,21-22,26,29,31-33,35,37-39,41,43-53H2,1-2H3/b7-5-,8-6-,13-11-,14-12-,19-17-,20-18-,25-23-,28-27-,30-24-,36-34-,42-40-. The van der Waals surface area contributed by atoms with E-state index in [1.54, 1.807) is 0 Å². The first-order valence-electron chi connectivity index (χ1n) is 23.8. The van der Waals surface area contributed by atoms with Crippen molar-refractivity contribution in [2.45, 2.75) is 187 Å². The molecule has 332 valence electrons. The summed E-state index contributed by atoms with van der Waals surface area (Å²) in [6, 6.07) is 0. The van der Waals surface area contributed by atoms with Crippen LogP contribution in [0.4, 0.5) is 0 Å². The first kappa shape index (κ1) is 55.5. The zero-order chi connectivity index (χ0) is 42.6. The summed E-state index contributed by atoms with van der Waals surface area (Å²) in [5, 5.41) is 9.63. The molecule has 0 rings (SSSR count). The van der Waals surface area contributed by atoms with E-state index in [-0.39, 0.29) is 19.2 Å². The van der Waals surface area contributed by atoms with Crippen LogP contribution in [0.25, 0.3) is 0 Å². The molecule has 1 unspecified atom stereocenters. The average Bonchev–Trinajstić information content (AvgIpc) is 3.24.